The van der Waals surface area contributed by atoms with Gasteiger partial charge in [-0.05, 0) is 10.8 Å². The van der Waals surface area contributed by atoms with E-state index in [0.29, 0.717) is 6.42 Å². The molecule has 0 amide bonds. The van der Waals surface area contributed by atoms with E-state index >= 15 is 0 Å². The van der Waals surface area contributed by atoms with Crippen molar-refractivity contribution in [2.24, 2.45) is 0 Å². The Morgan fingerprint density at radius 2 is 2.27 bits per heavy atom. The van der Waals surface area contributed by atoms with Crippen LogP contribution in [0.2, 0.25) is 0 Å². The predicted octanol–water partition coefficient (Wildman–Crippen LogP) is 2.24. The normalized spacial score (nSPS) is 14.6. The van der Waals surface area contributed by atoms with Crippen molar-refractivity contribution in [3.05, 3.63) is 21.3 Å². The van der Waals surface area contributed by atoms with E-state index in [-0.39, 0.29) is 0 Å². The van der Waals surface area contributed by atoms with Gasteiger partial charge < -0.3 is 5.32 Å². The molecule has 1 heterocycles. The molecular weight excluding hydrogens is 176 g/mol. The average Bonchev–Trinajstić information content (AvgIpc) is 2.50. The Labute approximate surface area is 74.7 Å². The zero-order valence-corrected chi connectivity index (χ0v) is 7.54. The van der Waals surface area contributed by atoms with Crippen LogP contribution in [0.3, 0.4) is 0 Å². The van der Waals surface area contributed by atoms with Gasteiger partial charge in [0.1, 0.15) is 0 Å². The Kier molecular flexibility index (Phi) is 4.02. The standard InChI is InChI=1S/C7H8N2S2/c8-2-1-3-9-6-7-10-4-5-11-7/h4-6,9H,1,3H2. The fourth-order valence-corrected chi connectivity index (χ4v) is 2.14. The molecule has 0 saturated heterocycles. The molecule has 0 spiro atoms. The summed E-state index contributed by atoms with van der Waals surface area (Å²) in [5.41, 5.74) is 0. The van der Waals surface area contributed by atoms with Gasteiger partial charge in [-0.15, -0.1) is 0 Å². The van der Waals surface area contributed by atoms with Gasteiger partial charge in [-0.3, -0.25) is 0 Å². The zero-order chi connectivity index (χ0) is 7.94. The van der Waals surface area contributed by atoms with Gasteiger partial charge in [0.2, 0.25) is 0 Å². The van der Waals surface area contributed by atoms with E-state index < -0.39 is 0 Å². The summed E-state index contributed by atoms with van der Waals surface area (Å²) < 4.78 is 1.24. The second-order valence-corrected chi connectivity index (χ2v) is 3.99. The number of rotatable bonds is 3. The number of thioether (sulfide) groups is 2. The molecule has 0 atom stereocenters. The smallest absolute Gasteiger partial charge is 0.0643 e. The van der Waals surface area contributed by atoms with Crippen molar-refractivity contribution >= 4 is 23.5 Å². The first-order valence-corrected chi connectivity index (χ1v) is 4.98. The molecule has 0 saturated carbocycles. The first-order chi connectivity index (χ1) is 5.43. The Bertz CT molecular complexity index is 205. The number of hydrogen-bond donors (Lipinski definition) is 1. The highest BCUT2D eigenvalue weighted by atomic mass is 32.2. The predicted molar refractivity (Wildman–Crippen MR) is 50.6 cm³/mol. The van der Waals surface area contributed by atoms with Crippen LogP contribution in [0.25, 0.3) is 0 Å². The van der Waals surface area contributed by atoms with Crippen molar-refractivity contribution in [1.29, 1.82) is 5.26 Å². The summed E-state index contributed by atoms with van der Waals surface area (Å²) in [6, 6.07) is 2.07. The maximum atomic E-state index is 8.22. The summed E-state index contributed by atoms with van der Waals surface area (Å²) in [6.07, 6.45) is 2.51. The number of nitriles is 1. The van der Waals surface area contributed by atoms with Gasteiger partial charge in [-0.25, -0.2) is 0 Å². The maximum absolute atomic E-state index is 8.22. The van der Waals surface area contributed by atoms with E-state index in [0.717, 1.165) is 6.54 Å². The summed E-state index contributed by atoms with van der Waals surface area (Å²) in [7, 11) is 0. The van der Waals surface area contributed by atoms with Crippen LogP contribution in [0.15, 0.2) is 21.3 Å². The molecule has 4 heteroatoms. The van der Waals surface area contributed by atoms with Crippen LogP contribution in [0.4, 0.5) is 0 Å². The summed E-state index contributed by atoms with van der Waals surface area (Å²) in [5, 5.41) is 15.4. The second-order valence-electron chi connectivity index (χ2n) is 1.83. The lowest BCUT2D eigenvalue weighted by Gasteiger charge is -1.96. The molecule has 0 aromatic heterocycles. The van der Waals surface area contributed by atoms with Crippen molar-refractivity contribution in [3.63, 3.8) is 0 Å². The lowest BCUT2D eigenvalue weighted by Crippen LogP contribution is -2.05. The summed E-state index contributed by atoms with van der Waals surface area (Å²) >= 11 is 3.40. The van der Waals surface area contributed by atoms with Crippen LogP contribution in [-0.4, -0.2) is 6.54 Å². The third-order valence-electron chi connectivity index (χ3n) is 1.03. The molecule has 0 aromatic rings. The minimum absolute atomic E-state index is 0.562. The van der Waals surface area contributed by atoms with Crippen LogP contribution in [-0.2, 0) is 0 Å². The SMILES string of the molecule is N#CCCNC=C1SC=CS1. The van der Waals surface area contributed by atoms with Gasteiger partial charge in [0.25, 0.3) is 0 Å². The highest BCUT2D eigenvalue weighted by Crippen LogP contribution is 2.36. The zero-order valence-electron chi connectivity index (χ0n) is 5.91. The second kappa shape index (κ2) is 5.16. The molecule has 1 rings (SSSR count). The molecular formula is C7H8N2S2. The number of nitrogens with zero attached hydrogens (tertiary/aromatic N) is 1. The molecule has 11 heavy (non-hydrogen) atoms. The van der Waals surface area contributed by atoms with Crippen molar-refractivity contribution in [3.8, 4) is 6.07 Å². The Morgan fingerprint density at radius 3 is 2.91 bits per heavy atom. The van der Waals surface area contributed by atoms with Gasteiger partial charge in [0, 0.05) is 12.7 Å². The van der Waals surface area contributed by atoms with Crippen LogP contribution in [0.5, 0.6) is 0 Å². The van der Waals surface area contributed by atoms with E-state index in [1.54, 1.807) is 23.5 Å². The van der Waals surface area contributed by atoms with Gasteiger partial charge in [0.05, 0.1) is 16.7 Å². The number of hydrogen-bond acceptors (Lipinski definition) is 4. The topological polar surface area (TPSA) is 35.8 Å². The van der Waals surface area contributed by atoms with Crippen molar-refractivity contribution in [1.82, 2.24) is 5.32 Å². The third kappa shape index (κ3) is 3.40. The molecule has 1 N–H and O–H groups in total. The summed E-state index contributed by atoms with van der Waals surface area (Å²) in [6.45, 7) is 0.737. The fourth-order valence-electron chi connectivity index (χ4n) is 0.569. The van der Waals surface area contributed by atoms with E-state index in [2.05, 4.69) is 11.4 Å². The van der Waals surface area contributed by atoms with E-state index in [1.165, 1.54) is 4.24 Å². The molecule has 1 aliphatic rings. The third-order valence-corrected chi connectivity index (χ3v) is 3.02. The largest absolute Gasteiger partial charge is 0.389 e. The van der Waals surface area contributed by atoms with E-state index in [9.17, 15) is 0 Å². The highest BCUT2D eigenvalue weighted by Gasteiger charge is 1.99. The molecule has 0 radical (unpaired) electrons. The van der Waals surface area contributed by atoms with Crippen molar-refractivity contribution in [2.45, 2.75) is 6.42 Å². The molecule has 0 aromatic carbocycles. The molecule has 0 fully saturated rings. The Balaban J connectivity index is 2.11. The van der Waals surface area contributed by atoms with Gasteiger partial charge in [0.15, 0.2) is 0 Å². The molecule has 0 bridgehead atoms. The quantitative estimate of drug-likeness (QED) is 0.682. The number of nitrogens with one attached hydrogen (secondary N) is 1. The van der Waals surface area contributed by atoms with Gasteiger partial charge in [-0.1, -0.05) is 23.5 Å². The van der Waals surface area contributed by atoms with Crippen LogP contribution < -0.4 is 5.32 Å². The van der Waals surface area contributed by atoms with Crippen LogP contribution >= 0.6 is 23.5 Å². The first-order valence-electron chi connectivity index (χ1n) is 3.22. The average molecular weight is 184 g/mol. The molecule has 0 unspecified atom stereocenters. The Hall–Kier alpha value is -0.530. The molecule has 2 nitrogen and oxygen atoms in total. The lowest BCUT2D eigenvalue weighted by molar-refractivity contribution is 0.859. The minimum Gasteiger partial charge on any atom is -0.389 e. The van der Waals surface area contributed by atoms with Gasteiger partial charge in [-0.2, -0.15) is 5.26 Å². The fraction of sp³-hybridized carbons (Fsp3) is 0.286. The van der Waals surface area contributed by atoms with Gasteiger partial charge >= 0.3 is 0 Å². The lowest BCUT2D eigenvalue weighted by atomic mass is 10.5. The van der Waals surface area contributed by atoms with E-state index in [1.807, 2.05) is 17.0 Å². The molecule has 0 aliphatic carbocycles. The summed E-state index contributed by atoms with van der Waals surface area (Å²) in [5.74, 6) is 0. The Morgan fingerprint density at radius 1 is 1.55 bits per heavy atom. The van der Waals surface area contributed by atoms with Crippen molar-refractivity contribution < 1.29 is 0 Å². The van der Waals surface area contributed by atoms with Crippen molar-refractivity contribution in [2.75, 3.05) is 6.54 Å². The highest BCUT2D eigenvalue weighted by molar-refractivity contribution is 8.27. The van der Waals surface area contributed by atoms with E-state index in [4.69, 9.17) is 5.26 Å². The van der Waals surface area contributed by atoms with Crippen LogP contribution in [0.1, 0.15) is 6.42 Å². The molecule has 58 valence electrons. The first kappa shape index (κ1) is 8.57. The maximum Gasteiger partial charge on any atom is 0.0643 e. The monoisotopic (exact) mass is 184 g/mol. The van der Waals surface area contributed by atoms with Crippen LogP contribution in [0, 0.1) is 11.3 Å². The minimum atomic E-state index is 0.562. The molecule has 1 aliphatic heterocycles. The summed E-state index contributed by atoms with van der Waals surface area (Å²) in [4.78, 5) is 0.